The van der Waals surface area contributed by atoms with Crippen molar-refractivity contribution in [2.75, 3.05) is 11.9 Å². The fourth-order valence-electron chi connectivity index (χ4n) is 3.44. The van der Waals surface area contributed by atoms with Gasteiger partial charge in [0.25, 0.3) is 11.5 Å². The van der Waals surface area contributed by atoms with Crippen LogP contribution >= 0.6 is 24.0 Å². The number of rotatable bonds is 8. The number of carboxylic acid groups (broad SMARTS) is 1. The first-order valence-corrected chi connectivity index (χ1v) is 11.4. The predicted molar refractivity (Wildman–Crippen MR) is 132 cm³/mol. The number of carbonyl (C=O) groups excluding carboxylic acids is 1. The molecule has 1 saturated heterocycles. The minimum atomic E-state index is -0.935. The average Bonchev–Trinajstić information content (AvgIpc) is 3.05. The summed E-state index contributed by atoms with van der Waals surface area (Å²) in [6.07, 6.45) is 1.87. The zero-order valence-electron chi connectivity index (χ0n) is 18.1. The van der Waals surface area contributed by atoms with Crippen molar-refractivity contribution in [3.05, 3.63) is 67.8 Å². The SMILES string of the molecule is Cc1c(/C=C2/SC(=S)N(CCCC(=O)O)C2=O)c(NCc2ccccc2)n(C)c(=O)c1C#N. The molecule has 170 valence electrons. The van der Waals surface area contributed by atoms with Crippen LogP contribution in [0.1, 0.15) is 35.1 Å². The molecule has 10 heteroatoms. The molecule has 0 spiro atoms. The summed E-state index contributed by atoms with van der Waals surface area (Å²) in [7, 11) is 1.57. The molecule has 0 bridgehead atoms. The molecule has 33 heavy (non-hydrogen) atoms. The molecular weight excluding hydrogens is 460 g/mol. The maximum atomic E-state index is 13.0. The largest absolute Gasteiger partial charge is 0.481 e. The van der Waals surface area contributed by atoms with Gasteiger partial charge in [-0.2, -0.15) is 5.26 Å². The predicted octanol–water partition coefficient (Wildman–Crippen LogP) is 3.24. The minimum absolute atomic E-state index is 0.00551. The summed E-state index contributed by atoms with van der Waals surface area (Å²) in [5.74, 6) is -0.775. The molecular formula is C23H22N4O4S2. The highest BCUT2D eigenvalue weighted by Crippen LogP contribution is 2.35. The first kappa shape index (κ1) is 24.2. The smallest absolute Gasteiger partial charge is 0.303 e. The van der Waals surface area contributed by atoms with Gasteiger partial charge >= 0.3 is 5.97 Å². The van der Waals surface area contributed by atoms with E-state index >= 15 is 0 Å². The van der Waals surface area contributed by atoms with Gasteiger partial charge in [-0.25, -0.2) is 0 Å². The molecule has 1 aromatic heterocycles. The van der Waals surface area contributed by atoms with E-state index in [-0.39, 0.29) is 30.9 Å². The summed E-state index contributed by atoms with van der Waals surface area (Å²) in [5, 5.41) is 21.6. The first-order chi connectivity index (χ1) is 15.7. The molecule has 0 atom stereocenters. The molecule has 0 saturated carbocycles. The van der Waals surface area contributed by atoms with Gasteiger partial charge in [-0.3, -0.25) is 23.9 Å². The van der Waals surface area contributed by atoms with E-state index in [0.29, 0.717) is 32.7 Å². The first-order valence-electron chi connectivity index (χ1n) is 10.1. The number of nitrogens with zero attached hydrogens (tertiary/aromatic N) is 3. The Hall–Kier alpha value is -3.42. The van der Waals surface area contributed by atoms with Gasteiger partial charge in [0.15, 0.2) is 0 Å². The van der Waals surface area contributed by atoms with Crippen LogP contribution in [0.3, 0.4) is 0 Å². The number of nitriles is 1. The summed E-state index contributed by atoms with van der Waals surface area (Å²) in [6.45, 7) is 2.33. The number of amides is 1. The molecule has 2 heterocycles. The molecule has 0 radical (unpaired) electrons. The number of benzene rings is 1. The Morgan fingerprint density at radius 2 is 2.00 bits per heavy atom. The molecule has 1 amide bonds. The quantitative estimate of drug-likeness (QED) is 0.435. The van der Waals surface area contributed by atoms with Gasteiger partial charge in [0.05, 0.1) is 4.91 Å². The van der Waals surface area contributed by atoms with Crippen LogP contribution in [0.4, 0.5) is 5.82 Å². The van der Waals surface area contributed by atoms with E-state index in [1.165, 1.54) is 9.47 Å². The number of thioether (sulfide) groups is 1. The van der Waals surface area contributed by atoms with Gasteiger partial charge in [0.1, 0.15) is 21.8 Å². The second-order valence-corrected chi connectivity index (χ2v) is 9.08. The number of nitrogens with one attached hydrogen (secondary N) is 1. The fraction of sp³-hybridized carbons (Fsp3) is 0.261. The Morgan fingerprint density at radius 3 is 2.64 bits per heavy atom. The zero-order valence-corrected chi connectivity index (χ0v) is 19.8. The molecule has 1 aromatic carbocycles. The van der Waals surface area contributed by atoms with Gasteiger partial charge in [-0.1, -0.05) is 54.3 Å². The number of pyridine rings is 1. The molecule has 0 unspecified atom stereocenters. The third kappa shape index (κ3) is 5.32. The Balaban J connectivity index is 1.99. The topological polar surface area (TPSA) is 115 Å². The molecule has 8 nitrogen and oxygen atoms in total. The van der Waals surface area contributed by atoms with E-state index in [1.807, 2.05) is 36.4 Å². The number of anilines is 1. The van der Waals surface area contributed by atoms with Crippen LogP contribution in [0.5, 0.6) is 0 Å². The third-order valence-corrected chi connectivity index (χ3v) is 6.60. The summed E-state index contributed by atoms with van der Waals surface area (Å²) >= 11 is 6.44. The van der Waals surface area contributed by atoms with E-state index in [4.69, 9.17) is 17.3 Å². The standard InChI is InChI=1S/C23H22N4O4S2/c1-14-16(11-18-22(31)27(23(32)33-18)10-6-9-19(28)29)20(26(2)21(30)17(14)12-24)25-13-15-7-4-3-5-8-15/h3-5,7-8,11,25H,6,9-10,13H2,1-2H3,(H,28,29)/b18-11+. The van der Waals surface area contributed by atoms with Crippen molar-refractivity contribution in [3.63, 3.8) is 0 Å². The van der Waals surface area contributed by atoms with Crippen molar-refractivity contribution in [3.8, 4) is 6.07 Å². The average molecular weight is 483 g/mol. The van der Waals surface area contributed by atoms with Crippen molar-refractivity contribution in [1.82, 2.24) is 9.47 Å². The third-order valence-electron chi connectivity index (χ3n) is 5.22. The molecule has 3 rings (SSSR count). The number of carbonyl (C=O) groups is 2. The second kappa shape index (κ2) is 10.5. The summed E-state index contributed by atoms with van der Waals surface area (Å²) in [6, 6.07) is 11.6. The highest BCUT2D eigenvalue weighted by atomic mass is 32.2. The van der Waals surface area contributed by atoms with Crippen LogP contribution in [-0.4, -0.2) is 37.3 Å². The summed E-state index contributed by atoms with van der Waals surface area (Å²) < 4.78 is 1.71. The highest BCUT2D eigenvalue weighted by Gasteiger charge is 2.32. The number of carboxylic acids is 1. The maximum Gasteiger partial charge on any atom is 0.303 e. The van der Waals surface area contributed by atoms with Crippen LogP contribution in [0.15, 0.2) is 40.0 Å². The van der Waals surface area contributed by atoms with Crippen LogP contribution in [0, 0.1) is 18.3 Å². The zero-order chi connectivity index (χ0) is 24.1. The molecule has 1 aliphatic rings. The van der Waals surface area contributed by atoms with Crippen molar-refractivity contribution >= 4 is 52.1 Å². The van der Waals surface area contributed by atoms with E-state index in [1.54, 1.807) is 20.0 Å². The van der Waals surface area contributed by atoms with E-state index in [0.717, 1.165) is 17.3 Å². The monoisotopic (exact) mass is 482 g/mol. The Kier molecular flexibility index (Phi) is 7.68. The number of aliphatic carboxylic acids is 1. The molecule has 0 aliphatic carbocycles. The lowest BCUT2D eigenvalue weighted by Crippen LogP contribution is -2.29. The molecule has 1 aliphatic heterocycles. The van der Waals surface area contributed by atoms with Crippen molar-refractivity contribution in [2.24, 2.45) is 7.05 Å². The minimum Gasteiger partial charge on any atom is -0.481 e. The van der Waals surface area contributed by atoms with Crippen LogP contribution in [-0.2, 0) is 23.2 Å². The maximum absolute atomic E-state index is 13.0. The molecule has 2 N–H and O–H groups in total. The number of hydrogen-bond acceptors (Lipinski definition) is 7. The lowest BCUT2D eigenvalue weighted by molar-refractivity contribution is -0.137. The fourth-order valence-corrected chi connectivity index (χ4v) is 4.73. The van der Waals surface area contributed by atoms with Crippen LogP contribution in [0.2, 0.25) is 0 Å². The van der Waals surface area contributed by atoms with Crippen molar-refractivity contribution < 1.29 is 14.7 Å². The van der Waals surface area contributed by atoms with Gasteiger partial charge in [0, 0.05) is 32.1 Å². The lowest BCUT2D eigenvalue weighted by atomic mass is 10.0. The highest BCUT2D eigenvalue weighted by molar-refractivity contribution is 8.26. The van der Waals surface area contributed by atoms with Gasteiger partial charge < -0.3 is 10.4 Å². The summed E-state index contributed by atoms with van der Waals surface area (Å²) in [5.41, 5.74) is 1.60. The van der Waals surface area contributed by atoms with E-state index in [2.05, 4.69) is 5.32 Å². The Morgan fingerprint density at radius 1 is 1.30 bits per heavy atom. The van der Waals surface area contributed by atoms with Crippen molar-refractivity contribution in [2.45, 2.75) is 26.3 Å². The van der Waals surface area contributed by atoms with E-state index in [9.17, 15) is 19.6 Å². The number of hydrogen-bond donors (Lipinski definition) is 2. The lowest BCUT2D eigenvalue weighted by Gasteiger charge is -2.18. The van der Waals surface area contributed by atoms with Crippen LogP contribution < -0.4 is 10.9 Å². The van der Waals surface area contributed by atoms with Gasteiger partial charge in [-0.05, 0) is 30.5 Å². The van der Waals surface area contributed by atoms with Gasteiger partial charge in [-0.15, -0.1) is 0 Å². The Labute approximate surface area is 200 Å². The Bertz CT molecular complexity index is 1250. The molecule has 2 aromatic rings. The number of thiocarbonyl (C=S) groups is 1. The van der Waals surface area contributed by atoms with Gasteiger partial charge in [0.2, 0.25) is 0 Å². The van der Waals surface area contributed by atoms with E-state index < -0.39 is 11.5 Å². The summed E-state index contributed by atoms with van der Waals surface area (Å²) in [4.78, 5) is 38.2. The van der Waals surface area contributed by atoms with Crippen molar-refractivity contribution in [1.29, 1.82) is 5.26 Å². The van der Waals surface area contributed by atoms with Crippen LogP contribution in [0.25, 0.3) is 6.08 Å². The number of aromatic nitrogens is 1. The normalized spacial score (nSPS) is 14.6. The second-order valence-electron chi connectivity index (χ2n) is 7.41. The molecule has 1 fully saturated rings.